The monoisotopic (exact) mass is 423 g/mol. The summed E-state index contributed by atoms with van der Waals surface area (Å²) in [4.78, 5) is 33.6. The zero-order valence-corrected chi connectivity index (χ0v) is 17.9. The van der Waals surface area contributed by atoms with Crippen molar-refractivity contribution < 1.29 is 14.3 Å². The van der Waals surface area contributed by atoms with Crippen molar-refractivity contribution in [1.82, 2.24) is 10.2 Å². The van der Waals surface area contributed by atoms with Crippen molar-refractivity contribution in [2.24, 2.45) is 10.9 Å². The van der Waals surface area contributed by atoms with Crippen LogP contribution in [0.15, 0.2) is 58.4 Å². The summed E-state index contributed by atoms with van der Waals surface area (Å²) in [5.41, 5.74) is 3.38. The van der Waals surface area contributed by atoms with Crippen LogP contribution in [0.4, 0.5) is 0 Å². The Morgan fingerprint density at radius 1 is 1.20 bits per heavy atom. The number of aliphatic imine (C=N–C) groups is 1. The lowest BCUT2D eigenvalue weighted by atomic mass is 9.91. The number of amides is 1. The van der Waals surface area contributed by atoms with Crippen LogP contribution in [-0.4, -0.2) is 42.1 Å². The van der Waals surface area contributed by atoms with Crippen LogP contribution in [0.2, 0.25) is 0 Å². The second-order valence-corrected chi connectivity index (χ2v) is 8.21. The number of ether oxygens (including phenoxy) is 1. The summed E-state index contributed by atoms with van der Waals surface area (Å²) in [6.07, 6.45) is 2.90. The van der Waals surface area contributed by atoms with Crippen LogP contribution in [0, 0.1) is 5.92 Å². The molecule has 30 heavy (non-hydrogen) atoms. The molecule has 0 fully saturated rings. The number of benzene rings is 2. The fraction of sp³-hybridized carbons (Fsp3) is 0.348. The molecule has 7 heteroatoms. The molecule has 1 N–H and O–H groups in total. The predicted octanol–water partition coefficient (Wildman–Crippen LogP) is 3.17. The summed E-state index contributed by atoms with van der Waals surface area (Å²) in [6.45, 7) is 3.40. The van der Waals surface area contributed by atoms with E-state index in [0.717, 1.165) is 23.4 Å². The van der Waals surface area contributed by atoms with E-state index in [1.807, 2.05) is 42.7 Å². The molecular weight excluding hydrogens is 398 g/mol. The first-order chi connectivity index (χ1) is 14.6. The smallest absolute Gasteiger partial charge is 0.321 e. The minimum absolute atomic E-state index is 0.222. The molecule has 2 atom stereocenters. The first kappa shape index (κ1) is 20.5. The average molecular weight is 424 g/mol. The van der Waals surface area contributed by atoms with Crippen LogP contribution in [0.25, 0.3) is 0 Å². The molecule has 0 saturated heterocycles. The third kappa shape index (κ3) is 4.07. The minimum Gasteiger partial charge on any atom is -0.465 e. The molecule has 2 aliphatic heterocycles. The standard InChI is InChI=1S/C23H25N3O3S/c1-3-29-22(28)19-20(16-8-10-18(30-2)11-9-16)24-23(25-21(19)27)26-13-12-15-6-4-5-7-17(15)14-26/h4-11,19-20H,3,12-14H2,1-2H3,(H,24,25,27)/t19-,20+/m1/s1. The average Bonchev–Trinajstić information content (AvgIpc) is 2.78. The van der Waals surface area contributed by atoms with Gasteiger partial charge in [-0.05, 0) is 48.4 Å². The van der Waals surface area contributed by atoms with Gasteiger partial charge in [0.15, 0.2) is 5.92 Å². The van der Waals surface area contributed by atoms with Gasteiger partial charge in [-0.15, -0.1) is 11.8 Å². The number of rotatable bonds is 4. The Hall–Kier alpha value is -2.80. The highest BCUT2D eigenvalue weighted by Gasteiger charge is 2.42. The maximum atomic E-state index is 13.0. The molecule has 2 aromatic rings. The molecule has 0 saturated carbocycles. The molecule has 0 radical (unpaired) electrons. The van der Waals surface area contributed by atoms with Gasteiger partial charge in [0.1, 0.15) is 6.04 Å². The summed E-state index contributed by atoms with van der Waals surface area (Å²) < 4.78 is 5.19. The van der Waals surface area contributed by atoms with Gasteiger partial charge in [0, 0.05) is 18.0 Å². The SMILES string of the molecule is CCOC(=O)[C@H]1C(=O)NC(N2CCc3ccccc3C2)=N[C@H]1c1ccc(SC)cc1. The summed E-state index contributed by atoms with van der Waals surface area (Å²) >= 11 is 1.64. The number of esters is 1. The maximum absolute atomic E-state index is 13.0. The fourth-order valence-electron chi connectivity index (χ4n) is 3.94. The Morgan fingerprint density at radius 3 is 2.63 bits per heavy atom. The third-order valence-corrected chi connectivity index (χ3v) is 6.27. The molecule has 0 bridgehead atoms. The fourth-order valence-corrected chi connectivity index (χ4v) is 4.35. The van der Waals surface area contributed by atoms with Crippen LogP contribution < -0.4 is 5.32 Å². The van der Waals surface area contributed by atoms with E-state index in [9.17, 15) is 9.59 Å². The quantitative estimate of drug-likeness (QED) is 0.465. The molecule has 2 heterocycles. The number of guanidine groups is 1. The maximum Gasteiger partial charge on any atom is 0.321 e. The molecule has 0 spiro atoms. The third-order valence-electron chi connectivity index (χ3n) is 5.52. The lowest BCUT2D eigenvalue weighted by Gasteiger charge is -2.36. The van der Waals surface area contributed by atoms with E-state index in [1.165, 1.54) is 11.1 Å². The molecule has 6 nitrogen and oxygen atoms in total. The van der Waals surface area contributed by atoms with E-state index in [-0.39, 0.29) is 12.5 Å². The first-order valence-corrected chi connectivity index (χ1v) is 11.3. The molecule has 0 aliphatic carbocycles. The Kier molecular flexibility index (Phi) is 6.08. The van der Waals surface area contributed by atoms with Gasteiger partial charge in [-0.3, -0.25) is 14.9 Å². The number of hydrogen-bond acceptors (Lipinski definition) is 6. The topological polar surface area (TPSA) is 71.0 Å². The van der Waals surface area contributed by atoms with E-state index in [1.54, 1.807) is 18.7 Å². The van der Waals surface area contributed by atoms with Gasteiger partial charge in [0.2, 0.25) is 11.9 Å². The van der Waals surface area contributed by atoms with Crippen molar-refractivity contribution in [3.8, 4) is 0 Å². The van der Waals surface area contributed by atoms with Crippen LogP contribution in [-0.2, 0) is 27.3 Å². The number of hydrogen-bond donors (Lipinski definition) is 1. The number of carbonyl (C=O) groups is 2. The largest absolute Gasteiger partial charge is 0.465 e. The van der Waals surface area contributed by atoms with Crippen molar-refractivity contribution in [2.75, 3.05) is 19.4 Å². The minimum atomic E-state index is -0.995. The Labute approximate surface area is 180 Å². The number of nitrogens with zero attached hydrogens (tertiary/aromatic N) is 2. The van der Waals surface area contributed by atoms with Gasteiger partial charge in [-0.1, -0.05) is 36.4 Å². The molecular formula is C23H25N3O3S. The van der Waals surface area contributed by atoms with E-state index >= 15 is 0 Å². The Morgan fingerprint density at radius 2 is 1.93 bits per heavy atom. The van der Waals surface area contributed by atoms with Gasteiger partial charge < -0.3 is 9.64 Å². The highest BCUT2D eigenvalue weighted by Crippen LogP contribution is 2.32. The molecule has 1 amide bonds. The number of nitrogens with one attached hydrogen (secondary N) is 1. The Balaban J connectivity index is 1.68. The van der Waals surface area contributed by atoms with Gasteiger partial charge in [0.05, 0.1) is 6.61 Å². The number of carbonyl (C=O) groups excluding carboxylic acids is 2. The van der Waals surface area contributed by atoms with Crippen molar-refractivity contribution in [1.29, 1.82) is 0 Å². The zero-order valence-electron chi connectivity index (χ0n) is 17.1. The van der Waals surface area contributed by atoms with Crippen LogP contribution in [0.5, 0.6) is 0 Å². The predicted molar refractivity (Wildman–Crippen MR) is 117 cm³/mol. The van der Waals surface area contributed by atoms with E-state index in [2.05, 4.69) is 22.3 Å². The van der Waals surface area contributed by atoms with Crippen molar-refractivity contribution in [2.45, 2.75) is 30.8 Å². The summed E-state index contributed by atoms with van der Waals surface area (Å²) in [6, 6.07) is 15.6. The molecule has 2 aliphatic rings. The second kappa shape index (κ2) is 8.92. The van der Waals surface area contributed by atoms with Crippen LogP contribution >= 0.6 is 11.8 Å². The van der Waals surface area contributed by atoms with Gasteiger partial charge >= 0.3 is 5.97 Å². The first-order valence-electron chi connectivity index (χ1n) is 10.1. The molecule has 156 valence electrons. The Bertz CT molecular complexity index is 974. The van der Waals surface area contributed by atoms with Crippen molar-refractivity contribution in [3.05, 3.63) is 65.2 Å². The molecule has 4 rings (SSSR count). The summed E-state index contributed by atoms with van der Waals surface area (Å²) in [5, 5.41) is 2.86. The lowest BCUT2D eigenvalue weighted by Crippen LogP contribution is -2.53. The van der Waals surface area contributed by atoms with Gasteiger partial charge in [-0.2, -0.15) is 0 Å². The van der Waals surface area contributed by atoms with Crippen molar-refractivity contribution in [3.63, 3.8) is 0 Å². The molecule has 2 aromatic carbocycles. The summed E-state index contributed by atoms with van der Waals surface area (Å²) in [7, 11) is 0. The number of fused-ring (bicyclic) bond motifs is 1. The van der Waals surface area contributed by atoms with Crippen molar-refractivity contribution >= 4 is 29.6 Å². The summed E-state index contributed by atoms with van der Waals surface area (Å²) in [5.74, 6) is -1.38. The van der Waals surface area contributed by atoms with E-state index in [4.69, 9.17) is 9.73 Å². The number of thioether (sulfide) groups is 1. The van der Waals surface area contributed by atoms with Crippen LogP contribution in [0.3, 0.4) is 0 Å². The van der Waals surface area contributed by atoms with E-state index < -0.39 is 17.9 Å². The van der Waals surface area contributed by atoms with E-state index in [0.29, 0.717) is 12.5 Å². The zero-order chi connectivity index (χ0) is 21.1. The van der Waals surface area contributed by atoms with Crippen LogP contribution in [0.1, 0.15) is 29.7 Å². The molecule has 0 aromatic heterocycles. The second-order valence-electron chi connectivity index (χ2n) is 7.33. The van der Waals surface area contributed by atoms with Gasteiger partial charge in [0.25, 0.3) is 0 Å². The highest BCUT2D eigenvalue weighted by molar-refractivity contribution is 7.98. The van der Waals surface area contributed by atoms with Gasteiger partial charge in [-0.25, -0.2) is 4.99 Å². The lowest BCUT2D eigenvalue weighted by molar-refractivity contribution is -0.153. The highest BCUT2D eigenvalue weighted by atomic mass is 32.2. The molecule has 0 unspecified atom stereocenters. The normalized spacial score (nSPS) is 20.8.